The number of aryl methyl sites for hydroxylation is 1. The molecule has 5 heteroatoms. The molecule has 29 heavy (non-hydrogen) atoms. The topological polar surface area (TPSA) is 26.3 Å². The van der Waals surface area contributed by atoms with Gasteiger partial charge in [0.2, 0.25) is 0 Å². The van der Waals surface area contributed by atoms with Crippen molar-refractivity contribution in [2.75, 3.05) is 0 Å². The van der Waals surface area contributed by atoms with Crippen molar-refractivity contribution in [3.05, 3.63) is 64.2 Å². The maximum atomic E-state index is 13.1. The number of hydrogen-bond acceptors (Lipinski definition) is 2. The third-order valence-electron chi connectivity index (χ3n) is 5.45. The molecule has 1 aliphatic rings. The van der Waals surface area contributed by atoms with Crippen molar-refractivity contribution in [2.45, 2.75) is 71.1 Å². The maximum absolute atomic E-state index is 13.1. The van der Waals surface area contributed by atoms with Gasteiger partial charge in [-0.2, -0.15) is 0 Å². The summed E-state index contributed by atoms with van der Waals surface area (Å²) in [7, 11) is 0. The predicted octanol–water partition coefficient (Wildman–Crippen LogP) is 6.58. The molecule has 0 fully saturated rings. The van der Waals surface area contributed by atoms with Gasteiger partial charge in [-0.1, -0.05) is 63.6 Å². The fraction of sp³-hybridized carbons (Fsp3) is 0.458. The lowest BCUT2D eigenvalue weighted by atomic mass is 9.86. The average molecular weight is 404 g/mol. The van der Waals surface area contributed by atoms with E-state index in [0.717, 1.165) is 36.8 Å². The number of alkyl halides is 3. The van der Waals surface area contributed by atoms with Crippen LogP contribution in [0.3, 0.4) is 0 Å². The first-order valence-corrected chi connectivity index (χ1v) is 10.1. The van der Waals surface area contributed by atoms with Gasteiger partial charge in [0.1, 0.15) is 5.75 Å². The van der Waals surface area contributed by atoms with E-state index < -0.39 is 6.36 Å². The largest absolute Gasteiger partial charge is 0.573 e. The summed E-state index contributed by atoms with van der Waals surface area (Å²) in [6, 6.07) is 10.8. The molecule has 0 saturated heterocycles. The summed E-state index contributed by atoms with van der Waals surface area (Å²) < 4.78 is 43.7. The van der Waals surface area contributed by atoms with Crippen molar-refractivity contribution in [2.24, 2.45) is 0 Å². The summed E-state index contributed by atoms with van der Waals surface area (Å²) in [5.41, 5.74) is 3.35. The Balaban J connectivity index is 1.91. The molecular formula is C24H27F3O2. The first-order valence-electron chi connectivity index (χ1n) is 10.1. The van der Waals surface area contributed by atoms with Crippen LogP contribution in [-0.4, -0.2) is 12.1 Å². The Bertz CT molecular complexity index is 875. The van der Waals surface area contributed by atoms with E-state index in [0.29, 0.717) is 23.1 Å². The Morgan fingerprint density at radius 3 is 2.21 bits per heavy atom. The second-order valence-corrected chi connectivity index (χ2v) is 8.73. The first kappa shape index (κ1) is 21.4. The van der Waals surface area contributed by atoms with Crippen LogP contribution in [0.2, 0.25) is 0 Å². The summed E-state index contributed by atoms with van der Waals surface area (Å²) in [6.45, 7) is 6.25. The minimum Gasteiger partial charge on any atom is -0.405 e. The van der Waals surface area contributed by atoms with Crippen LogP contribution in [0.1, 0.15) is 72.6 Å². The van der Waals surface area contributed by atoms with E-state index in [1.807, 2.05) is 18.2 Å². The molecule has 0 bridgehead atoms. The molecule has 0 aliphatic heterocycles. The van der Waals surface area contributed by atoms with Gasteiger partial charge in [0.15, 0.2) is 5.78 Å². The molecule has 0 saturated carbocycles. The molecule has 0 radical (unpaired) electrons. The van der Waals surface area contributed by atoms with Crippen LogP contribution < -0.4 is 4.74 Å². The smallest absolute Gasteiger partial charge is 0.405 e. The lowest BCUT2D eigenvalue weighted by Gasteiger charge is -2.20. The van der Waals surface area contributed by atoms with E-state index in [4.69, 9.17) is 0 Å². The molecule has 2 aromatic rings. The number of rotatable bonds is 4. The summed E-state index contributed by atoms with van der Waals surface area (Å²) in [5.74, 6) is -0.386. The van der Waals surface area contributed by atoms with Gasteiger partial charge < -0.3 is 4.74 Å². The van der Waals surface area contributed by atoms with Crippen molar-refractivity contribution in [1.82, 2.24) is 0 Å². The van der Waals surface area contributed by atoms with E-state index in [1.54, 1.807) is 18.2 Å². The minimum atomic E-state index is -4.78. The second-order valence-electron chi connectivity index (χ2n) is 8.73. The molecule has 1 aliphatic carbocycles. The average Bonchev–Trinajstić information content (AvgIpc) is 2.87. The Labute approximate surface area is 170 Å². The Morgan fingerprint density at radius 2 is 1.59 bits per heavy atom. The van der Waals surface area contributed by atoms with Gasteiger partial charge in [0.05, 0.1) is 0 Å². The monoisotopic (exact) mass is 404 g/mol. The van der Waals surface area contributed by atoms with Crippen molar-refractivity contribution in [3.8, 4) is 5.75 Å². The van der Waals surface area contributed by atoms with E-state index in [2.05, 4.69) is 25.5 Å². The highest BCUT2D eigenvalue weighted by Gasteiger charge is 2.34. The van der Waals surface area contributed by atoms with Crippen molar-refractivity contribution >= 4 is 5.78 Å². The normalized spacial score (nSPS) is 14.8. The fourth-order valence-corrected chi connectivity index (χ4v) is 3.83. The zero-order chi connectivity index (χ0) is 21.2. The van der Waals surface area contributed by atoms with Gasteiger partial charge in [-0.15, -0.1) is 13.2 Å². The number of ether oxygens (including phenoxy) is 1. The molecule has 156 valence electrons. The zero-order valence-corrected chi connectivity index (χ0v) is 17.2. The molecule has 0 unspecified atom stereocenters. The number of benzene rings is 2. The van der Waals surface area contributed by atoms with Crippen LogP contribution in [0, 0.1) is 0 Å². The highest BCUT2D eigenvalue weighted by atomic mass is 19.4. The third kappa shape index (κ3) is 5.40. The molecular weight excluding hydrogens is 377 g/mol. The summed E-state index contributed by atoms with van der Waals surface area (Å²) in [6.07, 6.45) is -0.853. The molecule has 0 spiro atoms. The number of halogens is 3. The maximum Gasteiger partial charge on any atom is 0.573 e. The Morgan fingerprint density at radius 1 is 0.931 bits per heavy atom. The number of hydrogen-bond donors (Lipinski definition) is 0. The first-order chi connectivity index (χ1) is 13.5. The number of fused-ring (bicyclic) bond motifs is 1. The van der Waals surface area contributed by atoms with Gasteiger partial charge in [-0.3, -0.25) is 4.79 Å². The lowest BCUT2D eigenvalue weighted by Crippen LogP contribution is -2.20. The van der Waals surface area contributed by atoms with Crippen molar-refractivity contribution in [1.29, 1.82) is 0 Å². The van der Waals surface area contributed by atoms with Gasteiger partial charge >= 0.3 is 6.36 Å². The molecule has 3 rings (SSSR count). The van der Waals surface area contributed by atoms with Crippen molar-refractivity contribution in [3.63, 3.8) is 0 Å². The quantitative estimate of drug-likeness (QED) is 0.425. The highest BCUT2D eigenvalue weighted by molar-refractivity contribution is 5.98. The Hall–Kier alpha value is -2.30. The third-order valence-corrected chi connectivity index (χ3v) is 5.45. The van der Waals surface area contributed by atoms with Crippen LogP contribution in [0.15, 0.2) is 36.4 Å². The number of ketones is 1. The van der Waals surface area contributed by atoms with Crippen LogP contribution >= 0.6 is 0 Å². The van der Waals surface area contributed by atoms with E-state index in [9.17, 15) is 18.0 Å². The van der Waals surface area contributed by atoms with Crippen molar-refractivity contribution < 1.29 is 22.7 Å². The van der Waals surface area contributed by atoms with E-state index in [1.165, 1.54) is 0 Å². The molecule has 0 aromatic heterocycles. The molecule has 0 N–H and O–H groups in total. The summed E-state index contributed by atoms with van der Waals surface area (Å²) in [4.78, 5) is 12.8. The van der Waals surface area contributed by atoms with Gasteiger partial charge in [0, 0.05) is 17.5 Å². The number of carbonyl (C=O) groups is 1. The standard InChI is InChI=1S/C24H27F3O2/c1-23(2,3)19-13-11-17(12-14-19)21(28)15-18-10-9-16-7-5-4-6-8-20(16)22(18)29-24(25,26)27/h9-14H,4-8,15H2,1-3H3. The van der Waals surface area contributed by atoms with E-state index >= 15 is 0 Å². The minimum absolute atomic E-state index is 0.0354. The lowest BCUT2D eigenvalue weighted by molar-refractivity contribution is -0.275. The van der Waals surface area contributed by atoms with Crippen LogP contribution in [0.4, 0.5) is 13.2 Å². The summed E-state index contributed by atoms with van der Waals surface area (Å²) in [5, 5.41) is 0. The van der Waals surface area contributed by atoms with Crippen LogP contribution in [0.25, 0.3) is 0 Å². The molecule has 2 aromatic carbocycles. The molecule has 2 nitrogen and oxygen atoms in total. The number of carbonyl (C=O) groups excluding carboxylic acids is 1. The van der Waals surface area contributed by atoms with E-state index in [-0.39, 0.29) is 23.4 Å². The fourth-order valence-electron chi connectivity index (χ4n) is 3.83. The second kappa shape index (κ2) is 8.21. The van der Waals surface area contributed by atoms with Gasteiger partial charge in [0.25, 0.3) is 0 Å². The molecule has 0 atom stereocenters. The Kier molecular flexibility index (Phi) is 6.06. The van der Waals surface area contributed by atoms with Crippen LogP contribution in [0.5, 0.6) is 5.75 Å². The highest BCUT2D eigenvalue weighted by Crippen LogP contribution is 2.36. The zero-order valence-electron chi connectivity index (χ0n) is 17.2. The summed E-state index contributed by atoms with van der Waals surface area (Å²) >= 11 is 0. The van der Waals surface area contributed by atoms with Crippen LogP contribution in [-0.2, 0) is 24.7 Å². The molecule has 0 heterocycles. The molecule has 0 amide bonds. The number of Topliss-reactive ketones (excluding diaryl/α,β-unsaturated/α-hetero) is 1. The predicted molar refractivity (Wildman–Crippen MR) is 108 cm³/mol. The van der Waals surface area contributed by atoms with Gasteiger partial charge in [-0.25, -0.2) is 0 Å². The SMILES string of the molecule is CC(C)(C)c1ccc(C(=O)Cc2ccc3c(c2OC(F)(F)F)CCCCC3)cc1. The van der Waals surface area contributed by atoms with Gasteiger partial charge in [-0.05, 0) is 47.8 Å².